The van der Waals surface area contributed by atoms with Crippen molar-refractivity contribution in [2.75, 3.05) is 0 Å². The third-order valence-electron chi connectivity index (χ3n) is 27.1. The molecule has 3 aromatic carbocycles. The van der Waals surface area contributed by atoms with Gasteiger partial charge in [-0.2, -0.15) is 68.0 Å². The van der Waals surface area contributed by atoms with E-state index in [0.29, 0.717) is 106 Å². The van der Waals surface area contributed by atoms with Crippen LogP contribution in [0.15, 0.2) is 221 Å². The highest BCUT2D eigenvalue weighted by Crippen LogP contribution is 2.58. The van der Waals surface area contributed by atoms with E-state index < -0.39 is 145 Å². The number of benzene rings is 3. The number of halogens is 16. The van der Waals surface area contributed by atoms with Gasteiger partial charge in [-0.1, -0.05) is 33.5 Å². The maximum Gasteiger partial charge on any atom is 0.433 e. The third-order valence-corrected chi connectivity index (χ3v) is 34.0. The highest BCUT2D eigenvalue weighted by Gasteiger charge is 2.58. The summed E-state index contributed by atoms with van der Waals surface area (Å²) in [5.74, 6) is 9.20. The molecular formula is C98H87ClF15N17O6S3. The summed E-state index contributed by atoms with van der Waals surface area (Å²) >= 11 is 6.05. The van der Waals surface area contributed by atoms with Crippen molar-refractivity contribution < 1.29 is 92.9 Å². The maximum atomic E-state index is 14.6. The lowest BCUT2D eigenvalue weighted by molar-refractivity contribution is -0.141. The number of hydrogen-bond donors (Lipinski definition) is 0. The molecule has 9 heterocycles. The maximum absolute atomic E-state index is 14.6. The first kappa shape index (κ1) is 97.8. The lowest BCUT2D eigenvalue weighted by atomic mass is 9.60. The molecule has 23 nitrogen and oxygen atoms in total. The number of rotatable bonds is 21. The van der Waals surface area contributed by atoms with E-state index in [1.165, 1.54) is 47.3 Å². The van der Waals surface area contributed by atoms with Crippen molar-refractivity contribution in [1.82, 2.24) is 82.2 Å². The highest BCUT2D eigenvalue weighted by atomic mass is 35.5. The molecule has 730 valence electrons. The number of aryl methyl sites for hydroxylation is 1. The van der Waals surface area contributed by atoms with Crippen LogP contribution in [0, 0.1) is 33.7 Å². The van der Waals surface area contributed by atoms with Gasteiger partial charge in [0.2, 0.25) is 0 Å². The van der Waals surface area contributed by atoms with Gasteiger partial charge < -0.3 is 0 Å². The molecule has 0 bridgehead atoms. The van der Waals surface area contributed by atoms with Crippen LogP contribution in [0.4, 0.5) is 65.9 Å². The smallest absolute Gasteiger partial charge is 0.291 e. The van der Waals surface area contributed by atoms with E-state index >= 15 is 0 Å². The van der Waals surface area contributed by atoms with Crippen molar-refractivity contribution in [3.63, 3.8) is 0 Å². The summed E-state index contributed by atoms with van der Waals surface area (Å²) in [4.78, 5) is 63.8. The van der Waals surface area contributed by atoms with Gasteiger partial charge in [-0.05, 0) is 303 Å². The second kappa shape index (κ2) is 36.6. The van der Waals surface area contributed by atoms with E-state index in [0.717, 1.165) is 97.3 Å². The van der Waals surface area contributed by atoms with E-state index in [9.17, 15) is 92.9 Å². The SMILES string of the molecule is C=S(=O)(c1ccc(C(F)(F)F)nc1)N(C1CC1)[C@H]1CCC2=Cc3c(cnn3-c3ccc(F)cc3)C[C@]2(C(=O)c2cc(C(F)(F)F)ccn2)C1.C=S(=O)(c1ccc(Cl)cn1)N(C1CC1)[C@H]1CCC2=Cc3c(cnn3-c3ccc(F)cc3)C[C@]2(C(=O)c2cc(C(F)(F)F)ccn2)C1.C=S(=O)(c1cn(C)nn1)N(C(C)C)[C@H]1CCC2=Cc3c(cnn3-c3ccc(F)cc3)C[C@]2(C(=O)c2cc(C(F)(F)F)ccn2)C1. The Morgan fingerprint density at radius 2 is 0.800 bits per heavy atom. The van der Waals surface area contributed by atoms with Crippen molar-refractivity contribution in [3.05, 3.63) is 302 Å². The Labute approximate surface area is 798 Å². The van der Waals surface area contributed by atoms with Crippen LogP contribution >= 0.6 is 11.6 Å². The molecule has 9 atom stereocenters. The van der Waals surface area contributed by atoms with Gasteiger partial charge in [0, 0.05) is 74.3 Å². The number of carbonyl (C=O) groups is 3. The topological polar surface area (TPSA) is 261 Å². The van der Waals surface area contributed by atoms with Gasteiger partial charge in [0.05, 0.1) is 131 Å². The van der Waals surface area contributed by atoms with Gasteiger partial charge in [0.25, 0.3) is 0 Å². The second-order valence-corrected chi connectivity index (χ2v) is 43.4. The fourth-order valence-corrected chi connectivity index (χ4v) is 26.8. The lowest BCUT2D eigenvalue weighted by Crippen LogP contribution is -2.52. The summed E-state index contributed by atoms with van der Waals surface area (Å²) in [5, 5.41) is 22.4. The summed E-state index contributed by atoms with van der Waals surface area (Å²) in [6.07, 6.45) is 4.49. The standard InChI is InChI=1S/C34H28F7N5O2S.C33H28ClF4N5O2S.C31H31F4N7O2S/c1-49(48,27-10-11-30(43-19-27)34(39,40)41)46(25-8-9-25)26-5-2-21-15-29-20(18-44-45(29)24-6-3-23(35)4-7-24)16-32(21,17-26)31(47)28-14-22(12-13-42-28)33(36,37)38;1-46(45,30-11-3-23(34)19-40-30)43(26-9-10-26)27-6-2-21-15-29-20(18-41-42(29)25-7-4-24(35)5-8-25)16-32(21,17-27)31(44)28-14-22(12-13-39-28)33(36,37)38;1-19(2)42(45(4,44)28-18-40(3)39-38-28)25-8-5-21-14-27-20(17-37-41(27)24-9-6-23(32)7-10-24)15-30(21,16-25)29(43)26-13-22(11-12-36-26)31(33,34)35/h3-4,6-7,10-15,18-19,25-26H,1-2,5,8-9,16-17H2;3-5,7-8,11-15,18-19,26-27H,1-2,6,9-10,16-17H2;6-7,9-14,17-19,25H,4-5,8,15-16H2,1-3H3/t26-,32-,49?;27-,32-,46?;25-,30-,45?/m000/s1. The number of Topliss-reactive ketones (excluding diaryl/α,β-unsaturated/α-hetero) is 3. The quantitative estimate of drug-likeness (QED) is 0.0368. The van der Waals surface area contributed by atoms with E-state index in [4.69, 9.17) is 11.6 Å². The predicted molar refractivity (Wildman–Crippen MR) is 493 cm³/mol. The first-order valence-corrected chi connectivity index (χ1v) is 49.9. The van der Waals surface area contributed by atoms with Crippen LogP contribution in [0.2, 0.25) is 5.02 Å². The average Bonchev–Trinajstić information content (AvgIpc) is 1.35. The zero-order chi connectivity index (χ0) is 99.7. The number of ketones is 3. The van der Waals surface area contributed by atoms with Gasteiger partial charge >= 0.3 is 24.7 Å². The molecule has 9 aromatic heterocycles. The van der Waals surface area contributed by atoms with Crippen LogP contribution in [0.1, 0.15) is 185 Å². The molecular weight excluding hydrogens is 1930 g/mol. The minimum atomic E-state index is -4.72. The number of hydrogen-bond acceptors (Lipinski definition) is 16. The van der Waals surface area contributed by atoms with Gasteiger partial charge in [-0.3, -0.25) is 39.0 Å². The summed E-state index contributed by atoms with van der Waals surface area (Å²) < 4.78 is 259. The molecule has 5 fully saturated rings. The fraction of sp³-hybridized carbons (Fsp3) is 0.327. The molecule has 0 saturated heterocycles. The molecule has 0 N–H and O–H groups in total. The van der Waals surface area contributed by atoms with E-state index in [1.54, 1.807) is 109 Å². The van der Waals surface area contributed by atoms with Crippen molar-refractivity contribution in [1.29, 1.82) is 0 Å². The Balaban J connectivity index is 0.000000139. The number of carbonyl (C=O) groups excluding carboxylic acids is 3. The molecule has 0 amide bonds. The zero-order valence-electron chi connectivity index (χ0n) is 74.9. The summed E-state index contributed by atoms with van der Waals surface area (Å²) in [7, 11) is -8.03. The minimum absolute atomic E-state index is 0.000153. The monoisotopic (exact) mass is 2010 g/mol. The number of fused-ring (bicyclic) bond motifs is 6. The summed E-state index contributed by atoms with van der Waals surface area (Å²) in [5.41, 5.74) is -1.08. The van der Waals surface area contributed by atoms with Crippen molar-refractivity contribution in [2.24, 2.45) is 23.3 Å². The normalized spacial score (nSPS) is 22.0. The average molecular weight is 2020 g/mol. The molecule has 140 heavy (non-hydrogen) atoms. The van der Waals surface area contributed by atoms with E-state index in [1.807, 2.05) is 30.3 Å². The Morgan fingerprint density at radius 3 is 1.12 bits per heavy atom. The first-order chi connectivity index (χ1) is 66.1. The largest absolute Gasteiger partial charge is 0.433 e. The number of pyridine rings is 5. The van der Waals surface area contributed by atoms with Gasteiger partial charge in [0.1, 0.15) is 45.3 Å². The Morgan fingerprint density at radius 1 is 0.429 bits per heavy atom. The van der Waals surface area contributed by atoms with Crippen LogP contribution in [0.25, 0.3) is 35.3 Å². The number of nitrogens with zero attached hydrogens (tertiary/aromatic N) is 17. The van der Waals surface area contributed by atoms with Crippen molar-refractivity contribution in [2.45, 2.75) is 192 Å². The molecule has 0 radical (unpaired) electrons. The first-order valence-electron chi connectivity index (χ1n) is 44.5. The van der Waals surface area contributed by atoms with Crippen LogP contribution < -0.4 is 0 Å². The molecule has 0 aliphatic heterocycles. The van der Waals surface area contributed by atoms with Gasteiger partial charge in [0.15, 0.2) is 22.4 Å². The third kappa shape index (κ3) is 18.7. The molecule has 42 heteroatoms. The Hall–Kier alpha value is -12.4. The van der Waals surface area contributed by atoms with E-state index in [2.05, 4.69) is 68.1 Å². The molecule has 12 aromatic rings. The fourth-order valence-electron chi connectivity index (χ4n) is 20.5. The molecule has 8 aliphatic carbocycles. The predicted octanol–water partition coefficient (Wildman–Crippen LogP) is 19.7. The number of alkyl halides is 12. The van der Waals surface area contributed by atoms with Crippen LogP contribution in [-0.4, -0.2) is 166 Å². The Bertz CT molecular complexity index is 7320. The second-order valence-electron chi connectivity index (χ2n) is 36.6. The molecule has 3 unspecified atom stereocenters. The van der Waals surface area contributed by atoms with Crippen LogP contribution in [0.5, 0.6) is 0 Å². The number of allylic oxidation sites excluding steroid dienone is 3. The summed E-state index contributed by atoms with van der Waals surface area (Å²) in [6, 6.07) is 25.2. The van der Waals surface area contributed by atoms with Crippen LogP contribution in [-0.2, 0) is 80.1 Å². The minimum Gasteiger partial charge on any atom is -0.291 e. The zero-order valence-corrected chi connectivity index (χ0v) is 78.1. The van der Waals surface area contributed by atoms with Gasteiger partial charge in [-0.25, -0.2) is 57.7 Å². The molecule has 8 aliphatic rings. The molecule has 5 saturated carbocycles. The molecule has 0 spiro atoms. The lowest BCUT2D eigenvalue weighted by Gasteiger charge is -2.48. The van der Waals surface area contributed by atoms with Crippen molar-refractivity contribution >= 4 is 93.9 Å². The van der Waals surface area contributed by atoms with Crippen LogP contribution in [0.3, 0.4) is 0 Å². The highest BCUT2D eigenvalue weighted by molar-refractivity contribution is 7.98. The van der Waals surface area contributed by atoms with Crippen molar-refractivity contribution in [3.8, 4) is 17.1 Å². The Kier molecular flexibility index (Phi) is 25.6. The van der Waals surface area contributed by atoms with Gasteiger partial charge in [-0.15, -0.1) is 5.10 Å². The molecule has 20 rings (SSSR count). The van der Waals surface area contributed by atoms with E-state index in [-0.39, 0.29) is 95.1 Å². The number of aromatic nitrogens is 14. The summed E-state index contributed by atoms with van der Waals surface area (Å²) in [6.45, 7) is 3.75.